The average molecular weight is 411 g/mol. The molecule has 1 aromatic heterocycles. The summed E-state index contributed by atoms with van der Waals surface area (Å²) in [4.78, 5) is 23.9. The van der Waals surface area contributed by atoms with Gasteiger partial charge in [-0.25, -0.2) is 0 Å². The number of aryl methyl sites for hydroxylation is 1. The third-order valence-corrected chi connectivity index (χ3v) is 4.95. The highest BCUT2D eigenvalue weighted by Gasteiger charge is 2.12. The number of anilines is 2. The fraction of sp³-hybridized carbons (Fsp3) is 0.375. The lowest BCUT2D eigenvalue weighted by Crippen LogP contribution is -2.17. The van der Waals surface area contributed by atoms with Crippen molar-refractivity contribution < 1.29 is 9.59 Å². The van der Waals surface area contributed by atoms with Gasteiger partial charge in [-0.1, -0.05) is 31.3 Å². The van der Waals surface area contributed by atoms with Gasteiger partial charge in [0.05, 0.1) is 5.69 Å². The van der Waals surface area contributed by atoms with Gasteiger partial charge < -0.3 is 10.6 Å². The number of rotatable bonds is 6. The third kappa shape index (κ3) is 5.38. The summed E-state index contributed by atoms with van der Waals surface area (Å²) >= 11 is 4.75. The Bertz CT molecular complexity index is 745. The molecule has 0 aliphatic heterocycles. The van der Waals surface area contributed by atoms with Crippen LogP contribution in [0.1, 0.15) is 43.2 Å². The maximum atomic E-state index is 12.0. The second kappa shape index (κ2) is 8.34. The van der Waals surface area contributed by atoms with E-state index in [1.54, 1.807) is 0 Å². The summed E-state index contributed by atoms with van der Waals surface area (Å²) in [5, 5.41) is 14.7. The topological polar surface area (TPSA) is 84.0 Å². The molecular weight excluding hydrogens is 392 g/mol. The van der Waals surface area contributed by atoms with Crippen LogP contribution in [0.25, 0.3) is 0 Å². The fourth-order valence-electron chi connectivity index (χ4n) is 1.86. The first kappa shape index (κ1) is 18.5. The van der Waals surface area contributed by atoms with Crippen LogP contribution >= 0.6 is 27.3 Å². The van der Waals surface area contributed by atoms with Crippen molar-refractivity contribution in [1.29, 1.82) is 0 Å². The summed E-state index contributed by atoms with van der Waals surface area (Å²) in [5.41, 5.74) is 1.79. The van der Waals surface area contributed by atoms with Crippen LogP contribution in [0.15, 0.2) is 22.7 Å². The van der Waals surface area contributed by atoms with E-state index < -0.39 is 0 Å². The number of halogens is 1. The number of hydrogen-bond donors (Lipinski definition) is 2. The van der Waals surface area contributed by atoms with Crippen LogP contribution in [0.2, 0.25) is 0 Å². The molecule has 0 saturated heterocycles. The van der Waals surface area contributed by atoms with Gasteiger partial charge in [-0.05, 0) is 40.5 Å². The maximum absolute atomic E-state index is 12.0. The molecule has 128 valence electrons. The van der Waals surface area contributed by atoms with Crippen molar-refractivity contribution in [2.45, 2.75) is 39.5 Å². The van der Waals surface area contributed by atoms with Crippen LogP contribution in [-0.2, 0) is 9.59 Å². The van der Waals surface area contributed by atoms with Crippen LogP contribution in [0.5, 0.6) is 0 Å². The Hall–Kier alpha value is -1.80. The number of hydrogen-bond acceptors (Lipinski definition) is 5. The smallest absolute Gasteiger partial charge is 0.226 e. The van der Waals surface area contributed by atoms with Gasteiger partial charge in [-0.15, -0.1) is 10.2 Å². The summed E-state index contributed by atoms with van der Waals surface area (Å²) in [7, 11) is 0. The van der Waals surface area contributed by atoms with E-state index in [1.165, 1.54) is 11.3 Å². The molecule has 2 amide bonds. The van der Waals surface area contributed by atoms with E-state index in [-0.39, 0.29) is 30.6 Å². The van der Waals surface area contributed by atoms with Crippen LogP contribution in [-0.4, -0.2) is 22.0 Å². The van der Waals surface area contributed by atoms with Crippen molar-refractivity contribution >= 4 is 49.9 Å². The van der Waals surface area contributed by atoms with E-state index in [0.717, 1.165) is 15.0 Å². The van der Waals surface area contributed by atoms with Crippen LogP contribution in [0.3, 0.4) is 0 Å². The molecule has 1 heterocycles. The molecule has 24 heavy (non-hydrogen) atoms. The first-order valence-corrected chi connectivity index (χ1v) is 9.15. The predicted octanol–water partition coefficient (Wildman–Crippen LogP) is 4.09. The van der Waals surface area contributed by atoms with Gasteiger partial charge in [-0.2, -0.15) is 0 Å². The zero-order valence-electron chi connectivity index (χ0n) is 13.7. The molecule has 0 unspecified atom stereocenters. The highest BCUT2D eigenvalue weighted by molar-refractivity contribution is 9.10. The molecule has 2 rings (SSSR count). The molecule has 2 aromatic rings. The standard InChI is InChI=1S/C16H19BrN4O2S/c1-9(2)15-20-21-16(24-15)19-14(23)7-6-13(22)18-12-5-4-10(3)8-11(12)17/h4-5,8-9H,6-7H2,1-3H3,(H,18,22)(H,19,21,23). The summed E-state index contributed by atoms with van der Waals surface area (Å²) in [5.74, 6) is -0.193. The van der Waals surface area contributed by atoms with E-state index in [2.05, 4.69) is 36.8 Å². The maximum Gasteiger partial charge on any atom is 0.226 e. The minimum atomic E-state index is -0.250. The predicted molar refractivity (Wildman–Crippen MR) is 99.4 cm³/mol. The molecule has 0 bridgehead atoms. The largest absolute Gasteiger partial charge is 0.325 e. The summed E-state index contributed by atoms with van der Waals surface area (Å²) in [6, 6.07) is 5.66. The van der Waals surface area contributed by atoms with E-state index in [0.29, 0.717) is 10.8 Å². The molecule has 0 fully saturated rings. The van der Waals surface area contributed by atoms with Crippen molar-refractivity contribution in [2.24, 2.45) is 0 Å². The average Bonchev–Trinajstić information content (AvgIpc) is 2.97. The van der Waals surface area contributed by atoms with Gasteiger partial charge in [-0.3, -0.25) is 9.59 Å². The van der Waals surface area contributed by atoms with E-state index >= 15 is 0 Å². The lowest BCUT2D eigenvalue weighted by Gasteiger charge is -2.08. The molecule has 0 radical (unpaired) electrons. The number of nitrogens with zero attached hydrogens (tertiary/aromatic N) is 2. The Morgan fingerprint density at radius 2 is 1.83 bits per heavy atom. The molecule has 8 heteroatoms. The van der Waals surface area contributed by atoms with Crippen molar-refractivity contribution in [3.05, 3.63) is 33.2 Å². The number of aromatic nitrogens is 2. The number of benzene rings is 1. The van der Waals surface area contributed by atoms with Gasteiger partial charge in [0.15, 0.2) is 0 Å². The monoisotopic (exact) mass is 410 g/mol. The number of carbonyl (C=O) groups excluding carboxylic acids is 2. The molecule has 0 aliphatic carbocycles. The molecule has 1 aromatic carbocycles. The summed E-state index contributed by atoms with van der Waals surface area (Å²) in [6.07, 6.45) is 0.188. The second-order valence-corrected chi connectivity index (χ2v) is 7.54. The zero-order valence-corrected chi connectivity index (χ0v) is 16.1. The first-order chi connectivity index (χ1) is 11.3. The van der Waals surface area contributed by atoms with Gasteiger partial charge in [0.25, 0.3) is 0 Å². The molecule has 0 spiro atoms. The SMILES string of the molecule is Cc1ccc(NC(=O)CCC(=O)Nc2nnc(C(C)C)s2)c(Br)c1. The quantitative estimate of drug-likeness (QED) is 0.750. The van der Waals surface area contributed by atoms with Crippen LogP contribution < -0.4 is 10.6 Å². The van der Waals surface area contributed by atoms with E-state index in [9.17, 15) is 9.59 Å². The minimum Gasteiger partial charge on any atom is -0.325 e. The summed E-state index contributed by atoms with van der Waals surface area (Å²) in [6.45, 7) is 6.00. The van der Waals surface area contributed by atoms with Crippen LogP contribution in [0, 0.1) is 6.92 Å². The van der Waals surface area contributed by atoms with E-state index in [1.807, 2.05) is 39.0 Å². The normalized spacial score (nSPS) is 10.7. The van der Waals surface area contributed by atoms with Crippen molar-refractivity contribution in [1.82, 2.24) is 10.2 Å². The third-order valence-electron chi connectivity index (χ3n) is 3.16. The molecular formula is C16H19BrN4O2S. The minimum absolute atomic E-state index is 0.0892. The number of amides is 2. The Balaban J connectivity index is 1.81. The highest BCUT2D eigenvalue weighted by Crippen LogP contribution is 2.24. The lowest BCUT2D eigenvalue weighted by atomic mass is 10.2. The molecule has 6 nitrogen and oxygen atoms in total. The van der Waals surface area contributed by atoms with Gasteiger partial charge in [0.1, 0.15) is 5.01 Å². The lowest BCUT2D eigenvalue weighted by molar-refractivity contribution is -0.121. The molecule has 0 saturated carbocycles. The van der Waals surface area contributed by atoms with Crippen LogP contribution in [0.4, 0.5) is 10.8 Å². The Labute approximate surface area is 153 Å². The highest BCUT2D eigenvalue weighted by atomic mass is 79.9. The van der Waals surface area contributed by atoms with Gasteiger partial charge >= 0.3 is 0 Å². The first-order valence-electron chi connectivity index (χ1n) is 7.54. The second-order valence-electron chi connectivity index (χ2n) is 5.68. The Kier molecular flexibility index (Phi) is 6.44. The summed E-state index contributed by atoms with van der Waals surface area (Å²) < 4.78 is 0.815. The van der Waals surface area contributed by atoms with Gasteiger partial charge in [0, 0.05) is 23.2 Å². The number of nitrogens with one attached hydrogen (secondary N) is 2. The van der Waals surface area contributed by atoms with Crippen molar-refractivity contribution in [3.63, 3.8) is 0 Å². The Morgan fingerprint density at radius 1 is 1.17 bits per heavy atom. The molecule has 2 N–H and O–H groups in total. The number of carbonyl (C=O) groups is 2. The van der Waals surface area contributed by atoms with Crippen molar-refractivity contribution in [2.75, 3.05) is 10.6 Å². The fourth-order valence-corrected chi connectivity index (χ4v) is 3.22. The van der Waals surface area contributed by atoms with Gasteiger partial charge in [0.2, 0.25) is 16.9 Å². The zero-order chi connectivity index (χ0) is 17.7. The Morgan fingerprint density at radius 3 is 2.42 bits per heavy atom. The molecule has 0 atom stereocenters. The van der Waals surface area contributed by atoms with Crippen molar-refractivity contribution in [3.8, 4) is 0 Å². The molecule has 0 aliphatic rings. The van der Waals surface area contributed by atoms with E-state index in [4.69, 9.17) is 0 Å².